The third-order valence-electron chi connectivity index (χ3n) is 6.18. The van der Waals surface area contributed by atoms with E-state index >= 15 is 0 Å². The molecule has 1 amide bonds. The molecule has 1 heterocycles. The van der Waals surface area contributed by atoms with Crippen LogP contribution < -0.4 is 9.64 Å². The summed E-state index contributed by atoms with van der Waals surface area (Å²) in [5.74, 6) is 0.0389. The normalized spacial score (nSPS) is 17.5. The standard InChI is InChI=1S/C29H32N2O4S/c1-20-10-15-25-26(18-20)36-28(23-11-13-24(34-4)14-12-23)27(35-21(2)32)29(33)31(25)17-16-30(3)19-22-8-6-5-7-9-22/h5-15,18,27-28H,16-17,19H2,1-4H3/t27-,28+/m0/s1. The minimum Gasteiger partial charge on any atom is -0.497 e. The van der Waals surface area contributed by atoms with Crippen LogP contribution in [0.5, 0.6) is 5.75 Å². The number of methoxy groups -OCH3 is 1. The molecule has 2 atom stereocenters. The molecule has 4 rings (SSSR count). The Labute approximate surface area is 217 Å². The van der Waals surface area contributed by atoms with Crippen LogP contribution in [0.3, 0.4) is 0 Å². The fraction of sp³-hybridized carbons (Fsp3) is 0.310. The van der Waals surface area contributed by atoms with Crippen LogP contribution in [0.4, 0.5) is 5.69 Å². The monoisotopic (exact) mass is 504 g/mol. The second-order valence-electron chi connectivity index (χ2n) is 9.03. The van der Waals surface area contributed by atoms with Crippen molar-refractivity contribution in [1.82, 2.24) is 4.90 Å². The summed E-state index contributed by atoms with van der Waals surface area (Å²) in [6, 6.07) is 23.9. The van der Waals surface area contributed by atoms with Gasteiger partial charge in [0.15, 0.2) is 6.10 Å². The molecular weight excluding hydrogens is 472 g/mol. The summed E-state index contributed by atoms with van der Waals surface area (Å²) in [5, 5.41) is -0.389. The second-order valence-corrected chi connectivity index (χ2v) is 10.2. The van der Waals surface area contributed by atoms with E-state index in [0.29, 0.717) is 13.1 Å². The molecule has 0 saturated heterocycles. The maximum absolute atomic E-state index is 14.0. The minimum absolute atomic E-state index is 0.214. The predicted octanol–water partition coefficient (Wildman–Crippen LogP) is 5.25. The van der Waals surface area contributed by atoms with Crippen LogP contribution >= 0.6 is 11.8 Å². The minimum atomic E-state index is -0.951. The zero-order valence-electron chi connectivity index (χ0n) is 21.1. The van der Waals surface area contributed by atoms with Gasteiger partial charge in [0.25, 0.3) is 5.91 Å². The highest BCUT2D eigenvalue weighted by molar-refractivity contribution is 7.99. The lowest BCUT2D eigenvalue weighted by molar-refractivity contribution is -0.152. The van der Waals surface area contributed by atoms with Gasteiger partial charge in [-0.05, 0) is 54.9 Å². The molecule has 1 aliphatic heterocycles. The fourth-order valence-electron chi connectivity index (χ4n) is 4.34. The van der Waals surface area contributed by atoms with Crippen molar-refractivity contribution in [3.8, 4) is 5.75 Å². The Bertz CT molecular complexity index is 1200. The van der Waals surface area contributed by atoms with Crippen LogP contribution in [0.25, 0.3) is 0 Å². The second kappa shape index (κ2) is 11.6. The van der Waals surface area contributed by atoms with Crippen molar-refractivity contribution in [2.75, 3.05) is 32.1 Å². The number of aryl methyl sites for hydroxylation is 1. The first-order valence-electron chi connectivity index (χ1n) is 12.0. The molecule has 0 saturated carbocycles. The van der Waals surface area contributed by atoms with Crippen molar-refractivity contribution < 1.29 is 19.1 Å². The Morgan fingerprint density at radius 1 is 1.06 bits per heavy atom. The first kappa shape index (κ1) is 25.8. The van der Waals surface area contributed by atoms with Crippen molar-refractivity contribution in [2.45, 2.75) is 36.6 Å². The van der Waals surface area contributed by atoms with E-state index < -0.39 is 12.1 Å². The molecule has 0 spiro atoms. The lowest BCUT2D eigenvalue weighted by Gasteiger charge is -2.29. The summed E-state index contributed by atoms with van der Waals surface area (Å²) in [7, 11) is 3.66. The van der Waals surface area contributed by atoms with Crippen LogP contribution in [-0.2, 0) is 20.9 Å². The lowest BCUT2D eigenvalue weighted by Crippen LogP contribution is -2.45. The van der Waals surface area contributed by atoms with Gasteiger partial charge in [-0.2, -0.15) is 0 Å². The molecule has 3 aromatic carbocycles. The third kappa shape index (κ3) is 6.09. The molecule has 0 bridgehead atoms. The van der Waals surface area contributed by atoms with Crippen molar-refractivity contribution in [3.05, 3.63) is 89.5 Å². The molecule has 0 aromatic heterocycles. The van der Waals surface area contributed by atoms with Gasteiger partial charge in [0.1, 0.15) is 5.75 Å². The van der Waals surface area contributed by atoms with E-state index in [1.165, 1.54) is 12.5 Å². The van der Waals surface area contributed by atoms with E-state index in [-0.39, 0.29) is 11.2 Å². The van der Waals surface area contributed by atoms with Gasteiger partial charge >= 0.3 is 5.97 Å². The number of rotatable bonds is 8. The van der Waals surface area contributed by atoms with Crippen molar-refractivity contribution in [1.29, 1.82) is 0 Å². The molecule has 6 nitrogen and oxygen atoms in total. The number of thioether (sulfide) groups is 1. The summed E-state index contributed by atoms with van der Waals surface area (Å²) in [5.41, 5.74) is 4.06. The molecule has 36 heavy (non-hydrogen) atoms. The Hall–Kier alpha value is -3.29. The number of esters is 1. The van der Waals surface area contributed by atoms with Crippen LogP contribution in [-0.4, -0.2) is 50.1 Å². The molecular formula is C29H32N2O4S. The largest absolute Gasteiger partial charge is 0.497 e. The van der Waals surface area contributed by atoms with Gasteiger partial charge in [-0.25, -0.2) is 0 Å². The first-order chi connectivity index (χ1) is 17.4. The van der Waals surface area contributed by atoms with E-state index in [2.05, 4.69) is 23.1 Å². The van der Waals surface area contributed by atoms with Gasteiger partial charge in [-0.15, -0.1) is 11.8 Å². The Balaban J connectivity index is 1.66. The number of fused-ring (bicyclic) bond motifs is 1. The first-order valence-corrected chi connectivity index (χ1v) is 12.9. The van der Waals surface area contributed by atoms with Gasteiger partial charge < -0.3 is 19.3 Å². The number of amides is 1. The number of carbonyl (C=O) groups is 2. The van der Waals surface area contributed by atoms with Gasteiger partial charge in [0, 0.05) is 31.5 Å². The number of carbonyl (C=O) groups excluding carboxylic acids is 2. The SMILES string of the molecule is COc1ccc([C@H]2Sc3cc(C)ccc3N(CCN(C)Cc3ccccc3)C(=O)[C@H]2OC(C)=O)cc1. The van der Waals surface area contributed by atoms with Crippen molar-refractivity contribution in [3.63, 3.8) is 0 Å². The van der Waals surface area contributed by atoms with Crippen LogP contribution in [0.15, 0.2) is 77.7 Å². The Morgan fingerprint density at radius 2 is 1.78 bits per heavy atom. The van der Waals surface area contributed by atoms with Crippen molar-refractivity contribution in [2.24, 2.45) is 0 Å². The van der Waals surface area contributed by atoms with E-state index in [1.54, 1.807) is 23.8 Å². The molecule has 0 radical (unpaired) electrons. The summed E-state index contributed by atoms with van der Waals surface area (Å²) < 4.78 is 11.0. The molecule has 0 N–H and O–H groups in total. The van der Waals surface area contributed by atoms with Crippen LogP contribution in [0.1, 0.15) is 28.9 Å². The van der Waals surface area contributed by atoms with Gasteiger partial charge in [0.2, 0.25) is 0 Å². The molecule has 3 aromatic rings. The number of benzene rings is 3. The Morgan fingerprint density at radius 3 is 2.44 bits per heavy atom. The molecule has 188 valence electrons. The molecule has 0 fully saturated rings. The number of ether oxygens (including phenoxy) is 2. The predicted molar refractivity (Wildman–Crippen MR) is 143 cm³/mol. The molecule has 1 aliphatic rings. The third-order valence-corrected chi connectivity index (χ3v) is 7.54. The summed E-state index contributed by atoms with van der Waals surface area (Å²) in [6.45, 7) is 5.31. The maximum Gasteiger partial charge on any atom is 0.303 e. The quantitative estimate of drug-likeness (QED) is 0.391. The Kier molecular flexibility index (Phi) is 8.33. The molecule has 7 heteroatoms. The zero-order chi connectivity index (χ0) is 25.7. The summed E-state index contributed by atoms with van der Waals surface area (Å²) in [4.78, 5) is 31.1. The maximum atomic E-state index is 14.0. The van der Waals surface area contributed by atoms with E-state index in [4.69, 9.17) is 9.47 Å². The number of likely N-dealkylation sites (N-methyl/N-ethyl adjacent to an activating group) is 1. The smallest absolute Gasteiger partial charge is 0.303 e. The summed E-state index contributed by atoms with van der Waals surface area (Å²) in [6.07, 6.45) is -0.951. The lowest BCUT2D eigenvalue weighted by atomic mass is 10.1. The zero-order valence-corrected chi connectivity index (χ0v) is 22.0. The average Bonchev–Trinajstić information content (AvgIpc) is 2.97. The fourth-order valence-corrected chi connectivity index (χ4v) is 5.76. The molecule has 0 aliphatic carbocycles. The van der Waals surface area contributed by atoms with Crippen molar-refractivity contribution >= 4 is 29.3 Å². The van der Waals surface area contributed by atoms with Gasteiger partial charge in [-0.3, -0.25) is 9.59 Å². The highest BCUT2D eigenvalue weighted by Crippen LogP contribution is 2.47. The van der Waals surface area contributed by atoms with E-state index in [0.717, 1.165) is 34.0 Å². The number of nitrogens with zero attached hydrogens (tertiary/aromatic N) is 2. The topological polar surface area (TPSA) is 59.1 Å². The van der Waals surface area contributed by atoms with Crippen LogP contribution in [0.2, 0.25) is 0 Å². The van der Waals surface area contributed by atoms with Gasteiger partial charge in [-0.1, -0.05) is 48.5 Å². The number of hydrogen-bond acceptors (Lipinski definition) is 6. The molecule has 0 unspecified atom stereocenters. The number of hydrogen-bond donors (Lipinski definition) is 0. The summed E-state index contributed by atoms with van der Waals surface area (Å²) >= 11 is 1.56. The van der Waals surface area contributed by atoms with E-state index in [9.17, 15) is 9.59 Å². The van der Waals surface area contributed by atoms with Gasteiger partial charge in [0.05, 0.1) is 18.0 Å². The highest BCUT2D eigenvalue weighted by atomic mass is 32.2. The van der Waals surface area contributed by atoms with Crippen LogP contribution in [0, 0.1) is 6.92 Å². The highest BCUT2D eigenvalue weighted by Gasteiger charge is 2.40. The number of anilines is 1. The average molecular weight is 505 g/mol. The van der Waals surface area contributed by atoms with E-state index in [1.807, 2.05) is 68.6 Å².